The Labute approximate surface area is 141 Å². The third kappa shape index (κ3) is 4.03. The fourth-order valence-corrected chi connectivity index (χ4v) is 10.1. The summed E-state index contributed by atoms with van der Waals surface area (Å²) < 4.78 is 22.0. The van der Waals surface area contributed by atoms with Gasteiger partial charge in [-0.05, 0) is 10.1 Å². The van der Waals surface area contributed by atoms with Gasteiger partial charge >= 0.3 is 8.65 Å². The molecule has 0 fully saturated rings. The smallest absolute Gasteiger partial charge is 0.314 e. The molecule has 0 heterocycles. The van der Waals surface area contributed by atoms with Crippen molar-refractivity contribution in [3.05, 3.63) is 0 Å². The van der Waals surface area contributed by atoms with Gasteiger partial charge in [-0.3, -0.25) is 4.11 Å². The van der Waals surface area contributed by atoms with Crippen molar-refractivity contribution in [2.75, 3.05) is 0 Å². The summed E-state index contributed by atoms with van der Waals surface area (Å²) in [6, 6.07) is 0. The SMILES string of the molecule is CC(C)(C)[Si](C)(NO[Si](F)(C(C)(C)C)C(C)(C)C)C(C)(C)C. The Morgan fingerprint density at radius 1 is 0.636 bits per heavy atom. The Hall–Kier alpha value is 0.284. The number of hydrogen-bond acceptors (Lipinski definition) is 2. The van der Waals surface area contributed by atoms with Gasteiger partial charge < -0.3 is 4.53 Å². The molecule has 0 saturated heterocycles. The second-order valence-electron chi connectivity index (χ2n) is 10.9. The topological polar surface area (TPSA) is 21.3 Å². The maximum Gasteiger partial charge on any atom is 0.410 e. The summed E-state index contributed by atoms with van der Waals surface area (Å²) in [5.74, 6) is 0. The van der Waals surface area contributed by atoms with Gasteiger partial charge in [0.25, 0.3) is 0 Å². The summed E-state index contributed by atoms with van der Waals surface area (Å²) in [4.78, 5) is 0. The zero-order chi connectivity index (χ0) is 18.4. The van der Waals surface area contributed by atoms with E-state index in [2.05, 4.69) is 53.2 Å². The molecule has 0 spiro atoms. The van der Waals surface area contributed by atoms with Gasteiger partial charge in [-0.2, -0.15) is 0 Å². The lowest BCUT2D eigenvalue weighted by atomic mass is 10.2. The van der Waals surface area contributed by atoms with Crippen molar-refractivity contribution in [2.45, 2.75) is 110 Å². The van der Waals surface area contributed by atoms with Gasteiger partial charge in [-0.15, -0.1) is 0 Å². The molecule has 5 heteroatoms. The molecule has 0 saturated carbocycles. The molecule has 0 rings (SSSR count). The van der Waals surface area contributed by atoms with Crippen LogP contribution in [0.5, 0.6) is 0 Å². The average Bonchev–Trinajstić information content (AvgIpc) is 2.18. The van der Waals surface area contributed by atoms with Crippen LogP contribution in [-0.4, -0.2) is 16.9 Å². The molecular weight excluding hydrogens is 309 g/mol. The zero-order valence-electron chi connectivity index (χ0n) is 17.3. The van der Waals surface area contributed by atoms with Crippen LogP contribution in [0, 0.1) is 0 Å². The maximum absolute atomic E-state index is 16.0. The highest BCUT2D eigenvalue weighted by molar-refractivity contribution is 6.82. The molecule has 0 aliphatic rings. The number of rotatable bonds is 3. The zero-order valence-corrected chi connectivity index (χ0v) is 19.3. The number of halogens is 1. The molecule has 22 heavy (non-hydrogen) atoms. The number of hydrogen-bond donors (Lipinski definition) is 1. The lowest BCUT2D eigenvalue weighted by Crippen LogP contribution is -2.65. The standard InChI is InChI=1S/C17H40FNOSi2/c1-14(2,3)21(13,15(4,5)6)19-20-22(18,16(7,8)9)17(10,11)12/h19H,1-13H3. The van der Waals surface area contributed by atoms with Crippen molar-refractivity contribution < 1.29 is 8.63 Å². The molecule has 0 amide bonds. The largest absolute Gasteiger partial charge is 0.410 e. The van der Waals surface area contributed by atoms with Crippen LogP contribution in [0.2, 0.25) is 26.7 Å². The fraction of sp³-hybridized carbons (Fsp3) is 1.00. The van der Waals surface area contributed by atoms with E-state index in [4.69, 9.17) is 4.53 Å². The first-order valence-corrected chi connectivity index (χ1v) is 12.6. The van der Waals surface area contributed by atoms with Gasteiger partial charge in [-0.25, -0.2) is 5.15 Å². The summed E-state index contributed by atoms with van der Waals surface area (Å²) in [6.07, 6.45) is 0. The molecule has 0 aliphatic heterocycles. The van der Waals surface area contributed by atoms with Gasteiger partial charge in [0.2, 0.25) is 0 Å². The summed E-state index contributed by atoms with van der Waals surface area (Å²) >= 11 is 0. The van der Waals surface area contributed by atoms with Crippen LogP contribution in [0.4, 0.5) is 4.11 Å². The van der Waals surface area contributed by atoms with Gasteiger partial charge in [0.15, 0.2) is 8.24 Å². The Bertz CT molecular complexity index is 317. The molecule has 0 aromatic carbocycles. The van der Waals surface area contributed by atoms with E-state index >= 15 is 4.11 Å². The Morgan fingerprint density at radius 2 is 0.909 bits per heavy atom. The van der Waals surface area contributed by atoms with E-state index in [1.807, 2.05) is 41.5 Å². The summed E-state index contributed by atoms with van der Waals surface area (Å²) in [7, 11) is -5.59. The first kappa shape index (κ1) is 22.3. The third-order valence-electron chi connectivity index (χ3n) is 5.33. The number of nitrogens with one attached hydrogen (secondary N) is 1. The first-order valence-electron chi connectivity index (χ1n) is 8.35. The van der Waals surface area contributed by atoms with Crippen molar-refractivity contribution in [2.24, 2.45) is 0 Å². The Kier molecular flexibility index (Phi) is 6.05. The van der Waals surface area contributed by atoms with Crippen LogP contribution in [0.1, 0.15) is 83.1 Å². The maximum atomic E-state index is 16.0. The highest BCUT2D eigenvalue weighted by atomic mass is 28.4. The first-order chi connectivity index (χ1) is 9.21. The van der Waals surface area contributed by atoms with Crippen LogP contribution in [0.15, 0.2) is 0 Å². The fourth-order valence-electron chi connectivity index (χ4n) is 3.03. The van der Waals surface area contributed by atoms with E-state index in [0.29, 0.717) is 0 Å². The van der Waals surface area contributed by atoms with Gasteiger partial charge in [0, 0.05) is 10.1 Å². The van der Waals surface area contributed by atoms with E-state index < -0.39 is 27.0 Å². The summed E-state index contributed by atoms with van der Waals surface area (Å²) in [6.45, 7) is 27.4. The summed E-state index contributed by atoms with van der Waals surface area (Å²) in [5.41, 5.74) is 0. The van der Waals surface area contributed by atoms with E-state index in [0.717, 1.165) is 0 Å². The second-order valence-corrected chi connectivity index (χ2v) is 20.8. The molecule has 0 unspecified atom stereocenters. The van der Waals surface area contributed by atoms with E-state index in [1.54, 1.807) is 0 Å². The van der Waals surface area contributed by atoms with Crippen LogP contribution >= 0.6 is 0 Å². The molecule has 0 bridgehead atoms. The van der Waals surface area contributed by atoms with E-state index in [1.165, 1.54) is 0 Å². The normalized spacial score (nSPS) is 16.1. The van der Waals surface area contributed by atoms with Gasteiger partial charge in [0.05, 0.1) is 0 Å². The van der Waals surface area contributed by atoms with E-state index in [9.17, 15) is 0 Å². The molecule has 0 aliphatic carbocycles. The Morgan fingerprint density at radius 3 is 1.09 bits per heavy atom. The predicted molar refractivity (Wildman–Crippen MR) is 102 cm³/mol. The second kappa shape index (κ2) is 5.97. The monoisotopic (exact) mass is 349 g/mol. The molecule has 1 N–H and O–H groups in total. The molecule has 0 radical (unpaired) electrons. The molecule has 134 valence electrons. The minimum atomic E-state index is -3.50. The Balaban J connectivity index is 5.72. The summed E-state index contributed by atoms with van der Waals surface area (Å²) in [5, 5.41) is 2.52. The van der Waals surface area contributed by atoms with Crippen molar-refractivity contribution >= 4 is 16.9 Å². The highest BCUT2D eigenvalue weighted by Crippen LogP contribution is 2.54. The van der Waals surface area contributed by atoms with E-state index in [-0.39, 0.29) is 10.1 Å². The quantitative estimate of drug-likeness (QED) is 0.348. The lowest BCUT2D eigenvalue weighted by molar-refractivity contribution is 0.166. The van der Waals surface area contributed by atoms with Crippen LogP contribution in [-0.2, 0) is 4.53 Å². The molecular formula is C17H40FNOSi2. The van der Waals surface area contributed by atoms with Crippen molar-refractivity contribution in [3.63, 3.8) is 0 Å². The molecule has 0 atom stereocenters. The third-order valence-corrected chi connectivity index (χ3v) is 16.3. The van der Waals surface area contributed by atoms with Crippen LogP contribution in [0.25, 0.3) is 0 Å². The molecule has 0 aromatic rings. The lowest BCUT2D eigenvalue weighted by Gasteiger charge is -2.52. The van der Waals surface area contributed by atoms with Crippen molar-refractivity contribution in [1.29, 1.82) is 0 Å². The molecule has 0 aromatic heterocycles. The van der Waals surface area contributed by atoms with Crippen molar-refractivity contribution in [3.8, 4) is 0 Å². The van der Waals surface area contributed by atoms with Crippen LogP contribution < -0.4 is 5.15 Å². The van der Waals surface area contributed by atoms with Gasteiger partial charge in [0.1, 0.15) is 0 Å². The highest BCUT2D eigenvalue weighted by Gasteiger charge is 2.60. The predicted octanol–water partition coefficient (Wildman–Crippen LogP) is 6.70. The van der Waals surface area contributed by atoms with Crippen LogP contribution in [0.3, 0.4) is 0 Å². The van der Waals surface area contributed by atoms with Gasteiger partial charge in [-0.1, -0.05) is 89.6 Å². The average molecular weight is 350 g/mol. The van der Waals surface area contributed by atoms with Crippen molar-refractivity contribution in [1.82, 2.24) is 5.15 Å². The minimum absolute atomic E-state index is 0.0658. The molecule has 2 nitrogen and oxygen atoms in total. The minimum Gasteiger partial charge on any atom is -0.314 e.